The molecule has 0 unspecified atom stereocenters. The van der Waals surface area contributed by atoms with Gasteiger partial charge < -0.3 is 10.1 Å². The Bertz CT molecular complexity index is 390. The second-order valence-corrected chi connectivity index (χ2v) is 5.06. The van der Waals surface area contributed by atoms with Crippen molar-refractivity contribution in [2.75, 3.05) is 13.2 Å². The Kier molecular flexibility index (Phi) is 4.82. The zero-order chi connectivity index (χ0) is 12.8. The Labute approximate surface area is 110 Å². The Balaban J connectivity index is 1.85. The molecule has 18 heavy (non-hydrogen) atoms. The van der Waals surface area contributed by atoms with Gasteiger partial charge in [0.25, 0.3) is 0 Å². The maximum absolute atomic E-state index is 5.57. The van der Waals surface area contributed by atoms with Crippen LogP contribution in [-0.2, 0) is 0 Å². The smallest absolute Gasteiger partial charge is 0.119 e. The van der Waals surface area contributed by atoms with Gasteiger partial charge in [-0.3, -0.25) is 0 Å². The Hall–Kier alpha value is -1.28. The van der Waals surface area contributed by atoms with Crippen molar-refractivity contribution in [3.05, 3.63) is 35.4 Å². The van der Waals surface area contributed by atoms with Crippen LogP contribution in [0.5, 0.6) is 5.75 Å². The average molecular weight is 245 g/mol. The van der Waals surface area contributed by atoms with E-state index < -0.39 is 0 Å². The van der Waals surface area contributed by atoms with E-state index in [-0.39, 0.29) is 0 Å². The molecule has 2 heteroatoms. The average Bonchev–Trinajstić information content (AvgIpc) is 3.20. The van der Waals surface area contributed by atoms with Gasteiger partial charge in [0.05, 0.1) is 6.61 Å². The van der Waals surface area contributed by atoms with Crippen LogP contribution in [0.3, 0.4) is 0 Å². The molecule has 0 spiro atoms. The molecule has 0 aliphatic heterocycles. The molecular formula is C16H23NO. The van der Waals surface area contributed by atoms with Crippen molar-refractivity contribution < 1.29 is 4.74 Å². The number of nitrogens with one attached hydrogen (secondary N) is 1. The Morgan fingerprint density at radius 1 is 1.33 bits per heavy atom. The largest absolute Gasteiger partial charge is 0.494 e. The lowest BCUT2D eigenvalue weighted by Gasteiger charge is -2.05. The van der Waals surface area contributed by atoms with E-state index in [1.807, 2.05) is 12.1 Å². The van der Waals surface area contributed by atoms with Crippen LogP contribution < -0.4 is 10.1 Å². The molecule has 2 rings (SSSR count). The molecule has 1 aliphatic carbocycles. The van der Waals surface area contributed by atoms with Crippen LogP contribution in [0.25, 0.3) is 6.08 Å². The Morgan fingerprint density at radius 2 is 2.06 bits per heavy atom. The molecule has 0 aromatic heterocycles. The molecule has 0 heterocycles. The SMILES string of the molecule is CCCOc1ccc(C=C(C)CNC2CC2)cc1. The van der Waals surface area contributed by atoms with E-state index in [1.165, 1.54) is 24.0 Å². The molecule has 1 saturated carbocycles. The lowest BCUT2D eigenvalue weighted by Crippen LogP contribution is -2.18. The molecule has 1 aliphatic rings. The second-order valence-electron chi connectivity index (χ2n) is 5.06. The van der Waals surface area contributed by atoms with Crippen molar-refractivity contribution in [2.24, 2.45) is 0 Å². The fourth-order valence-electron chi connectivity index (χ4n) is 1.81. The minimum Gasteiger partial charge on any atom is -0.494 e. The lowest BCUT2D eigenvalue weighted by atomic mass is 10.1. The highest BCUT2D eigenvalue weighted by Gasteiger charge is 2.19. The molecule has 98 valence electrons. The molecule has 0 atom stereocenters. The van der Waals surface area contributed by atoms with Gasteiger partial charge in [-0.1, -0.05) is 30.7 Å². The first kappa shape index (κ1) is 13.2. The van der Waals surface area contributed by atoms with Gasteiger partial charge in [0.2, 0.25) is 0 Å². The highest BCUT2D eigenvalue weighted by atomic mass is 16.5. The third-order valence-corrected chi connectivity index (χ3v) is 3.01. The molecule has 0 saturated heterocycles. The van der Waals surface area contributed by atoms with Crippen molar-refractivity contribution in [2.45, 2.75) is 39.2 Å². The zero-order valence-electron chi connectivity index (χ0n) is 11.4. The van der Waals surface area contributed by atoms with Gasteiger partial charge in [-0.25, -0.2) is 0 Å². The highest BCUT2D eigenvalue weighted by molar-refractivity contribution is 5.53. The maximum Gasteiger partial charge on any atom is 0.119 e. The van der Waals surface area contributed by atoms with Crippen LogP contribution >= 0.6 is 0 Å². The predicted octanol–water partition coefficient (Wildman–Crippen LogP) is 3.63. The summed E-state index contributed by atoms with van der Waals surface area (Å²) in [4.78, 5) is 0. The standard InChI is InChI=1S/C16H23NO/c1-3-10-18-16-8-4-14(5-9-16)11-13(2)12-17-15-6-7-15/h4-5,8-9,11,15,17H,3,6-7,10,12H2,1-2H3. The second kappa shape index (κ2) is 6.60. The van der Waals surface area contributed by atoms with Gasteiger partial charge in [-0.2, -0.15) is 0 Å². The summed E-state index contributed by atoms with van der Waals surface area (Å²) in [6.07, 6.45) is 5.97. The van der Waals surface area contributed by atoms with Crippen molar-refractivity contribution in [1.82, 2.24) is 5.32 Å². The minimum atomic E-state index is 0.776. The highest BCUT2D eigenvalue weighted by Crippen LogP contribution is 2.19. The summed E-state index contributed by atoms with van der Waals surface area (Å²) in [5.41, 5.74) is 2.62. The van der Waals surface area contributed by atoms with Gasteiger partial charge in [-0.05, 0) is 43.9 Å². The molecular weight excluding hydrogens is 222 g/mol. The normalized spacial score (nSPS) is 15.8. The van der Waals surface area contributed by atoms with Gasteiger partial charge in [0.15, 0.2) is 0 Å². The first-order valence-corrected chi connectivity index (χ1v) is 6.91. The summed E-state index contributed by atoms with van der Waals surface area (Å²) in [6, 6.07) is 9.10. The van der Waals surface area contributed by atoms with Crippen molar-refractivity contribution in [3.63, 3.8) is 0 Å². The lowest BCUT2D eigenvalue weighted by molar-refractivity contribution is 0.317. The van der Waals surface area contributed by atoms with Gasteiger partial charge >= 0.3 is 0 Å². The van der Waals surface area contributed by atoms with E-state index in [1.54, 1.807) is 0 Å². The van der Waals surface area contributed by atoms with Crippen LogP contribution in [0.1, 0.15) is 38.7 Å². The number of hydrogen-bond donors (Lipinski definition) is 1. The zero-order valence-corrected chi connectivity index (χ0v) is 11.4. The van der Waals surface area contributed by atoms with E-state index in [2.05, 4.69) is 37.4 Å². The summed E-state index contributed by atoms with van der Waals surface area (Å²) in [6.45, 7) is 6.09. The third kappa shape index (κ3) is 4.53. The monoisotopic (exact) mass is 245 g/mol. The quantitative estimate of drug-likeness (QED) is 0.792. The summed E-state index contributed by atoms with van der Waals surface area (Å²) < 4.78 is 5.57. The van der Waals surface area contributed by atoms with Crippen molar-refractivity contribution in [1.29, 1.82) is 0 Å². The first-order valence-electron chi connectivity index (χ1n) is 6.91. The summed E-state index contributed by atoms with van der Waals surface area (Å²) in [7, 11) is 0. The number of rotatable bonds is 7. The third-order valence-electron chi connectivity index (χ3n) is 3.01. The minimum absolute atomic E-state index is 0.776. The first-order chi connectivity index (χ1) is 8.78. The van der Waals surface area contributed by atoms with E-state index in [0.717, 1.165) is 31.4 Å². The van der Waals surface area contributed by atoms with Crippen LogP contribution in [-0.4, -0.2) is 19.2 Å². The van der Waals surface area contributed by atoms with Crippen LogP contribution in [0, 0.1) is 0 Å². The molecule has 0 radical (unpaired) electrons. The fourth-order valence-corrected chi connectivity index (χ4v) is 1.81. The number of benzene rings is 1. The van der Waals surface area contributed by atoms with Gasteiger partial charge in [0.1, 0.15) is 5.75 Å². The Morgan fingerprint density at radius 3 is 2.67 bits per heavy atom. The van der Waals surface area contributed by atoms with Crippen molar-refractivity contribution >= 4 is 6.08 Å². The van der Waals surface area contributed by atoms with Crippen LogP contribution in [0.4, 0.5) is 0 Å². The maximum atomic E-state index is 5.57. The molecule has 0 bridgehead atoms. The summed E-state index contributed by atoms with van der Waals surface area (Å²) >= 11 is 0. The van der Waals surface area contributed by atoms with Crippen LogP contribution in [0.15, 0.2) is 29.8 Å². The van der Waals surface area contributed by atoms with E-state index in [4.69, 9.17) is 4.74 Å². The fraction of sp³-hybridized carbons (Fsp3) is 0.500. The summed E-state index contributed by atoms with van der Waals surface area (Å²) in [5, 5.41) is 3.52. The van der Waals surface area contributed by atoms with Gasteiger partial charge in [-0.15, -0.1) is 0 Å². The van der Waals surface area contributed by atoms with Crippen LogP contribution in [0.2, 0.25) is 0 Å². The number of hydrogen-bond acceptors (Lipinski definition) is 2. The van der Waals surface area contributed by atoms with Gasteiger partial charge in [0, 0.05) is 12.6 Å². The van der Waals surface area contributed by atoms with E-state index in [9.17, 15) is 0 Å². The molecule has 1 aromatic rings. The topological polar surface area (TPSA) is 21.3 Å². The van der Waals surface area contributed by atoms with E-state index in [0.29, 0.717) is 0 Å². The molecule has 2 nitrogen and oxygen atoms in total. The molecule has 1 fully saturated rings. The van der Waals surface area contributed by atoms with Crippen molar-refractivity contribution in [3.8, 4) is 5.75 Å². The van der Waals surface area contributed by atoms with E-state index >= 15 is 0 Å². The molecule has 1 N–H and O–H groups in total. The summed E-state index contributed by atoms with van der Waals surface area (Å²) in [5.74, 6) is 0.961. The molecule has 1 aromatic carbocycles. The predicted molar refractivity (Wildman–Crippen MR) is 76.9 cm³/mol. The number of ether oxygens (including phenoxy) is 1. The molecule has 0 amide bonds.